The highest BCUT2D eigenvalue weighted by molar-refractivity contribution is 9.10. The minimum Gasteiger partial charge on any atom is -0.340 e. The van der Waals surface area contributed by atoms with E-state index in [4.69, 9.17) is 0 Å². The topological polar surface area (TPSA) is 49.8 Å². The number of rotatable bonds is 4. The first kappa shape index (κ1) is 16.3. The zero-order chi connectivity index (χ0) is 17.1. The molecule has 24 heavy (non-hydrogen) atoms. The Balaban J connectivity index is 1.86. The minimum atomic E-state index is -0.919. The van der Waals surface area contributed by atoms with E-state index in [0.29, 0.717) is 23.1 Å². The SMILES string of the molecule is Cc1nc(Nc2ccc(F)c(F)c2)cc(Nc2ccccc2Br)n1. The Morgan fingerprint density at radius 2 is 1.58 bits per heavy atom. The molecular formula is C17H13BrF2N4. The molecule has 0 atom stereocenters. The maximum absolute atomic E-state index is 13.3. The van der Waals surface area contributed by atoms with E-state index >= 15 is 0 Å². The van der Waals surface area contributed by atoms with Gasteiger partial charge in [-0.1, -0.05) is 12.1 Å². The third-order valence-electron chi connectivity index (χ3n) is 3.17. The first-order chi connectivity index (χ1) is 11.5. The van der Waals surface area contributed by atoms with Gasteiger partial charge in [0.25, 0.3) is 0 Å². The summed E-state index contributed by atoms with van der Waals surface area (Å²) in [4.78, 5) is 8.58. The van der Waals surface area contributed by atoms with E-state index in [0.717, 1.165) is 22.3 Å². The van der Waals surface area contributed by atoms with Gasteiger partial charge in [-0.15, -0.1) is 0 Å². The van der Waals surface area contributed by atoms with E-state index in [1.165, 1.54) is 6.07 Å². The highest BCUT2D eigenvalue weighted by Crippen LogP contribution is 2.26. The van der Waals surface area contributed by atoms with Crippen LogP contribution >= 0.6 is 15.9 Å². The molecule has 122 valence electrons. The van der Waals surface area contributed by atoms with Crippen molar-refractivity contribution in [3.63, 3.8) is 0 Å². The number of aryl methyl sites for hydroxylation is 1. The molecular weight excluding hydrogens is 378 g/mol. The van der Waals surface area contributed by atoms with Crippen molar-refractivity contribution < 1.29 is 8.78 Å². The fourth-order valence-corrected chi connectivity index (χ4v) is 2.50. The van der Waals surface area contributed by atoms with Crippen LogP contribution in [0.1, 0.15) is 5.82 Å². The summed E-state index contributed by atoms with van der Waals surface area (Å²) in [6, 6.07) is 12.9. The van der Waals surface area contributed by atoms with Crippen LogP contribution in [0.25, 0.3) is 0 Å². The summed E-state index contributed by atoms with van der Waals surface area (Å²) >= 11 is 3.46. The molecule has 0 amide bonds. The van der Waals surface area contributed by atoms with Gasteiger partial charge in [-0.05, 0) is 47.1 Å². The van der Waals surface area contributed by atoms with E-state index < -0.39 is 11.6 Å². The van der Waals surface area contributed by atoms with Gasteiger partial charge in [0.1, 0.15) is 17.5 Å². The normalized spacial score (nSPS) is 10.5. The van der Waals surface area contributed by atoms with E-state index in [1.54, 1.807) is 13.0 Å². The molecule has 2 N–H and O–H groups in total. The minimum absolute atomic E-state index is 0.402. The molecule has 3 rings (SSSR count). The zero-order valence-corrected chi connectivity index (χ0v) is 14.2. The second-order valence-corrected chi connectivity index (χ2v) is 5.90. The molecule has 0 saturated heterocycles. The van der Waals surface area contributed by atoms with Crippen molar-refractivity contribution in [3.8, 4) is 0 Å². The lowest BCUT2D eigenvalue weighted by Gasteiger charge is -2.11. The van der Waals surface area contributed by atoms with Gasteiger partial charge in [0.05, 0.1) is 5.69 Å². The molecule has 2 aromatic carbocycles. The number of hydrogen-bond donors (Lipinski definition) is 2. The van der Waals surface area contributed by atoms with E-state index in [9.17, 15) is 8.78 Å². The lowest BCUT2D eigenvalue weighted by atomic mass is 10.3. The molecule has 1 aromatic heterocycles. The number of aromatic nitrogens is 2. The van der Waals surface area contributed by atoms with Gasteiger partial charge in [-0.2, -0.15) is 0 Å². The van der Waals surface area contributed by atoms with Crippen LogP contribution in [-0.2, 0) is 0 Å². The molecule has 0 aliphatic heterocycles. The third-order valence-corrected chi connectivity index (χ3v) is 3.86. The molecule has 0 spiro atoms. The van der Waals surface area contributed by atoms with Crippen LogP contribution in [0, 0.1) is 18.6 Å². The molecule has 0 radical (unpaired) electrons. The Labute approximate surface area is 146 Å². The molecule has 0 saturated carbocycles. The maximum atomic E-state index is 13.3. The predicted molar refractivity (Wildman–Crippen MR) is 93.8 cm³/mol. The number of nitrogens with one attached hydrogen (secondary N) is 2. The molecule has 0 aliphatic rings. The summed E-state index contributed by atoms with van der Waals surface area (Å²) in [5.41, 5.74) is 1.26. The molecule has 0 aliphatic carbocycles. The Morgan fingerprint density at radius 1 is 0.875 bits per heavy atom. The molecule has 0 unspecified atom stereocenters. The Kier molecular flexibility index (Phi) is 4.71. The van der Waals surface area contributed by atoms with Crippen LogP contribution in [-0.4, -0.2) is 9.97 Å². The first-order valence-corrected chi connectivity index (χ1v) is 7.90. The van der Waals surface area contributed by atoms with Gasteiger partial charge in [0, 0.05) is 22.3 Å². The van der Waals surface area contributed by atoms with E-state index in [-0.39, 0.29) is 0 Å². The summed E-state index contributed by atoms with van der Waals surface area (Å²) in [6.07, 6.45) is 0. The van der Waals surface area contributed by atoms with Crippen molar-refractivity contribution >= 4 is 38.9 Å². The Bertz CT molecular complexity index is 886. The maximum Gasteiger partial charge on any atom is 0.160 e. The van der Waals surface area contributed by atoms with Crippen LogP contribution in [0.5, 0.6) is 0 Å². The van der Waals surface area contributed by atoms with Crippen LogP contribution in [0.4, 0.5) is 31.8 Å². The quantitative estimate of drug-likeness (QED) is 0.633. The number of benzene rings is 2. The number of para-hydroxylation sites is 1. The summed E-state index contributed by atoms with van der Waals surface area (Å²) in [5, 5.41) is 6.13. The van der Waals surface area contributed by atoms with Crippen LogP contribution in [0.15, 0.2) is 53.0 Å². The van der Waals surface area contributed by atoms with E-state index in [1.807, 2.05) is 24.3 Å². The van der Waals surface area contributed by atoms with Crippen LogP contribution in [0.3, 0.4) is 0 Å². The molecule has 3 aromatic rings. The number of anilines is 4. The number of halogens is 3. The predicted octanol–water partition coefficient (Wildman–Crippen LogP) is 5.31. The average molecular weight is 391 g/mol. The molecule has 0 bridgehead atoms. The summed E-state index contributed by atoms with van der Waals surface area (Å²) < 4.78 is 27.2. The summed E-state index contributed by atoms with van der Waals surface area (Å²) in [6.45, 7) is 1.75. The van der Waals surface area contributed by atoms with Crippen molar-refractivity contribution in [3.05, 3.63) is 70.5 Å². The second-order valence-electron chi connectivity index (χ2n) is 5.04. The molecule has 0 fully saturated rings. The smallest absolute Gasteiger partial charge is 0.160 e. The van der Waals surface area contributed by atoms with Crippen LogP contribution in [0.2, 0.25) is 0 Å². The third kappa shape index (κ3) is 3.86. The van der Waals surface area contributed by atoms with Crippen molar-refractivity contribution in [2.75, 3.05) is 10.6 Å². The molecule has 7 heteroatoms. The summed E-state index contributed by atoms with van der Waals surface area (Å²) in [5.74, 6) is -0.215. The highest BCUT2D eigenvalue weighted by atomic mass is 79.9. The van der Waals surface area contributed by atoms with Crippen molar-refractivity contribution in [1.82, 2.24) is 9.97 Å². The Hall–Kier alpha value is -2.54. The average Bonchev–Trinajstić information content (AvgIpc) is 2.53. The van der Waals surface area contributed by atoms with Crippen LogP contribution < -0.4 is 10.6 Å². The van der Waals surface area contributed by atoms with Gasteiger partial charge >= 0.3 is 0 Å². The van der Waals surface area contributed by atoms with Gasteiger partial charge in [-0.25, -0.2) is 18.7 Å². The highest BCUT2D eigenvalue weighted by Gasteiger charge is 2.07. The van der Waals surface area contributed by atoms with E-state index in [2.05, 4.69) is 36.5 Å². The van der Waals surface area contributed by atoms with Gasteiger partial charge < -0.3 is 10.6 Å². The largest absolute Gasteiger partial charge is 0.340 e. The van der Waals surface area contributed by atoms with Gasteiger partial charge in [-0.3, -0.25) is 0 Å². The second kappa shape index (κ2) is 6.92. The fourth-order valence-electron chi connectivity index (χ4n) is 2.12. The fraction of sp³-hybridized carbons (Fsp3) is 0.0588. The first-order valence-electron chi connectivity index (χ1n) is 7.10. The van der Waals surface area contributed by atoms with Crippen molar-refractivity contribution in [1.29, 1.82) is 0 Å². The number of hydrogen-bond acceptors (Lipinski definition) is 4. The lowest BCUT2D eigenvalue weighted by Crippen LogP contribution is -2.02. The monoisotopic (exact) mass is 390 g/mol. The van der Waals surface area contributed by atoms with Gasteiger partial charge in [0.2, 0.25) is 0 Å². The van der Waals surface area contributed by atoms with Crippen molar-refractivity contribution in [2.24, 2.45) is 0 Å². The molecule has 1 heterocycles. The molecule has 4 nitrogen and oxygen atoms in total. The lowest BCUT2D eigenvalue weighted by molar-refractivity contribution is 0.509. The summed E-state index contributed by atoms with van der Waals surface area (Å²) in [7, 11) is 0. The Morgan fingerprint density at radius 3 is 2.29 bits per heavy atom. The van der Waals surface area contributed by atoms with Gasteiger partial charge in [0.15, 0.2) is 11.6 Å². The van der Waals surface area contributed by atoms with Crippen molar-refractivity contribution in [2.45, 2.75) is 6.92 Å². The zero-order valence-electron chi connectivity index (χ0n) is 12.6. The standard InChI is InChI=1S/C17H13BrF2N4/c1-10-21-16(23-11-6-7-13(19)14(20)8-11)9-17(22-10)24-15-5-3-2-4-12(15)18/h2-9H,1H3,(H2,21,22,23,24). The number of nitrogens with zero attached hydrogens (tertiary/aromatic N) is 2.